The number of aliphatic hydroxyl groups excluding tert-OH is 1. The van der Waals surface area contributed by atoms with E-state index in [1.54, 1.807) is 6.92 Å². The standard InChI is InChI=1S/C8H15NO2/c1-4-7(6(3)10)9-8(11)5-2/h5-7,10H,2,4H2,1,3H3,(H,9,11). The molecule has 0 aromatic carbocycles. The minimum atomic E-state index is -0.510. The van der Waals surface area contributed by atoms with Crippen LogP contribution in [0.1, 0.15) is 20.3 Å². The fourth-order valence-electron chi connectivity index (χ4n) is 0.805. The lowest BCUT2D eigenvalue weighted by Gasteiger charge is -2.18. The molecule has 0 rings (SSSR count). The number of carbonyl (C=O) groups is 1. The molecule has 0 spiro atoms. The molecule has 0 aliphatic heterocycles. The van der Waals surface area contributed by atoms with E-state index in [9.17, 15) is 4.79 Å². The van der Waals surface area contributed by atoms with Crippen molar-refractivity contribution in [3.05, 3.63) is 12.7 Å². The Morgan fingerprint density at radius 3 is 2.64 bits per heavy atom. The Hall–Kier alpha value is -0.830. The highest BCUT2D eigenvalue weighted by Crippen LogP contribution is 1.96. The van der Waals surface area contributed by atoms with E-state index < -0.39 is 6.10 Å². The second-order valence-corrected chi connectivity index (χ2v) is 2.47. The fourth-order valence-corrected chi connectivity index (χ4v) is 0.805. The summed E-state index contributed by atoms with van der Waals surface area (Å²) in [6.45, 7) is 6.87. The maximum atomic E-state index is 10.7. The Morgan fingerprint density at radius 1 is 1.82 bits per heavy atom. The van der Waals surface area contributed by atoms with Gasteiger partial charge in [-0.3, -0.25) is 4.79 Å². The van der Waals surface area contributed by atoms with E-state index in [2.05, 4.69) is 11.9 Å². The first-order chi connectivity index (χ1) is 5.11. The predicted octanol–water partition coefficient (Wildman–Crippen LogP) is 0.448. The van der Waals surface area contributed by atoms with Gasteiger partial charge in [0.25, 0.3) is 0 Å². The van der Waals surface area contributed by atoms with Gasteiger partial charge in [-0.25, -0.2) is 0 Å². The number of hydrogen-bond acceptors (Lipinski definition) is 2. The lowest BCUT2D eigenvalue weighted by Crippen LogP contribution is -2.40. The molecule has 0 bridgehead atoms. The summed E-state index contributed by atoms with van der Waals surface area (Å²) < 4.78 is 0. The van der Waals surface area contributed by atoms with Crippen LogP contribution in [0.3, 0.4) is 0 Å². The van der Waals surface area contributed by atoms with Gasteiger partial charge < -0.3 is 10.4 Å². The summed E-state index contributed by atoms with van der Waals surface area (Å²) in [7, 11) is 0. The van der Waals surface area contributed by atoms with Gasteiger partial charge >= 0.3 is 0 Å². The van der Waals surface area contributed by atoms with Gasteiger partial charge in [-0.15, -0.1) is 0 Å². The van der Waals surface area contributed by atoms with Crippen LogP contribution in [0.5, 0.6) is 0 Å². The van der Waals surface area contributed by atoms with Crippen molar-refractivity contribution in [1.29, 1.82) is 0 Å². The molecule has 0 saturated carbocycles. The van der Waals surface area contributed by atoms with Crippen molar-refractivity contribution in [2.24, 2.45) is 0 Å². The number of nitrogens with one attached hydrogen (secondary N) is 1. The second-order valence-electron chi connectivity index (χ2n) is 2.47. The summed E-state index contributed by atoms with van der Waals surface area (Å²) in [5, 5.41) is 11.7. The van der Waals surface area contributed by atoms with Gasteiger partial charge in [0.05, 0.1) is 12.1 Å². The van der Waals surface area contributed by atoms with Crippen LogP contribution in [0.15, 0.2) is 12.7 Å². The molecule has 2 N–H and O–H groups in total. The summed E-state index contributed by atoms with van der Waals surface area (Å²) in [4.78, 5) is 10.7. The molecule has 1 amide bonds. The molecule has 0 aromatic rings. The van der Waals surface area contributed by atoms with Gasteiger partial charge in [0.15, 0.2) is 0 Å². The number of rotatable bonds is 4. The van der Waals surface area contributed by atoms with E-state index in [4.69, 9.17) is 5.11 Å². The van der Waals surface area contributed by atoms with Crippen molar-refractivity contribution < 1.29 is 9.90 Å². The molecule has 3 nitrogen and oxygen atoms in total. The van der Waals surface area contributed by atoms with Crippen molar-refractivity contribution in [3.8, 4) is 0 Å². The zero-order valence-electron chi connectivity index (χ0n) is 7.00. The summed E-state index contributed by atoms with van der Waals surface area (Å²) in [5.74, 6) is -0.238. The van der Waals surface area contributed by atoms with E-state index in [0.29, 0.717) is 0 Å². The summed E-state index contributed by atoms with van der Waals surface area (Å²) in [6.07, 6.45) is 1.41. The largest absolute Gasteiger partial charge is 0.391 e. The first-order valence-corrected chi connectivity index (χ1v) is 3.72. The number of carbonyl (C=O) groups excluding carboxylic acids is 1. The Labute approximate surface area is 67.1 Å². The zero-order valence-corrected chi connectivity index (χ0v) is 7.00. The highest BCUT2D eigenvalue weighted by Gasteiger charge is 2.12. The van der Waals surface area contributed by atoms with Crippen LogP contribution >= 0.6 is 0 Å². The first kappa shape index (κ1) is 10.2. The predicted molar refractivity (Wildman–Crippen MR) is 44.1 cm³/mol. The third-order valence-corrected chi connectivity index (χ3v) is 1.54. The van der Waals surface area contributed by atoms with Crippen molar-refractivity contribution >= 4 is 5.91 Å². The molecule has 2 atom stereocenters. The lowest BCUT2D eigenvalue weighted by molar-refractivity contribution is -0.117. The lowest BCUT2D eigenvalue weighted by atomic mass is 10.1. The Kier molecular flexibility index (Phi) is 4.54. The minimum Gasteiger partial charge on any atom is -0.391 e. The average Bonchev–Trinajstić information content (AvgIpc) is 1.99. The molecule has 0 radical (unpaired) electrons. The molecule has 0 fully saturated rings. The Bertz CT molecular complexity index is 143. The van der Waals surface area contributed by atoms with Crippen molar-refractivity contribution in [2.75, 3.05) is 0 Å². The molecule has 0 aliphatic rings. The highest BCUT2D eigenvalue weighted by atomic mass is 16.3. The normalized spacial score (nSPS) is 15.2. The maximum Gasteiger partial charge on any atom is 0.243 e. The quantitative estimate of drug-likeness (QED) is 0.582. The smallest absolute Gasteiger partial charge is 0.243 e. The molecule has 3 heteroatoms. The summed E-state index contributed by atoms with van der Waals surface area (Å²) in [5.41, 5.74) is 0. The fraction of sp³-hybridized carbons (Fsp3) is 0.625. The van der Waals surface area contributed by atoms with Gasteiger partial charge in [-0.1, -0.05) is 13.5 Å². The van der Waals surface area contributed by atoms with Crippen LogP contribution in [-0.2, 0) is 4.79 Å². The van der Waals surface area contributed by atoms with Crippen molar-refractivity contribution in [2.45, 2.75) is 32.4 Å². The van der Waals surface area contributed by atoms with Crippen LogP contribution in [-0.4, -0.2) is 23.2 Å². The number of amides is 1. The third kappa shape index (κ3) is 3.78. The van der Waals surface area contributed by atoms with E-state index in [-0.39, 0.29) is 11.9 Å². The van der Waals surface area contributed by atoms with Crippen LogP contribution < -0.4 is 5.32 Å². The monoisotopic (exact) mass is 157 g/mol. The summed E-state index contributed by atoms with van der Waals surface area (Å²) >= 11 is 0. The average molecular weight is 157 g/mol. The van der Waals surface area contributed by atoms with Gasteiger partial charge in [0, 0.05) is 0 Å². The molecule has 0 saturated heterocycles. The molecule has 64 valence electrons. The minimum absolute atomic E-state index is 0.166. The SMILES string of the molecule is C=CC(=O)NC(CC)C(C)O. The van der Waals surface area contributed by atoms with Crippen LogP contribution in [0.2, 0.25) is 0 Å². The van der Waals surface area contributed by atoms with Crippen molar-refractivity contribution in [1.82, 2.24) is 5.32 Å². The Morgan fingerprint density at radius 2 is 2.36 bits per heavy atom. The van der Waals surface area contributed by atoms with E-state index >= 15 is 0 Å². The van der Waals surface area contributed by atoms with Crippen LogP contribution in [0.25, 0.3) is 0 Å². The van der Waals surface area contributed by atoms with Gasteiger partial charge in [-0.2, -0.15) is 0 Å². The highest BCUT2D eigenvalue weighted by molar-refractivity contribution is 5.87. The number of hydrogen-bond donors (Lipinski definition) is 2. The molecular weight excluding hydrogens is 142 g/mol. The van der Waals surface area contributed by atoms with E-state index in [1.165, 1.54) is 6.08 Å². The van der Waals surface area contributed by atoms with Crippen LogP contribution in [0, 0.1) is 0 Å². The second kappa shape index (κ2) is 4.91. The van der Waals surface area contributed by atoms with Gasteiger partial charge in [0.1, 0.15) is 0 Å². The van der Waals surface area contributed by atoms with Gasteiger partial charge in [-0.05, 0) is 19.4 Å². The first-order valence-electron chi connectivity index (χ1n) is 3.72. The maximum absolute atomic E-state index is 10.7. The topological polar surface area (TPSA) is 49.3 Å². The molecule has 11 heavy (non-hydrogen) atoms. The molecule has 0 aliphatic carbocycles. The summed E-state index contributed by atoms with van der Waals surface area (Å²) in [6, 6.07) is -0.166. The van der Waals surface area contributed by atoms with Crippen LogP contribution in [0.4, 0.5) is 0 Å². The zero-order chi connectivity index (χ0) is 8.85. The molecule has 0 heterocycles. The Balaban J connectivity index is 3.87. The molecule has 0 aromatic heterocycles. The molecular formula is C8H15NO2. The number of aliphatic hydroxyl groups is 1. The van der Waals surface area contributed by atoms with Gasteiger partial charge in [0.2, 0.25) is 5.91 Å². The third-order valence-electron chi connectivity index (χ3n) is 1.54. The molecule has 2 unspecified atom stereocenters. The van der Waals surface area contributed by atoms with Crippen molar-refractivity contribution in [3.63, 3.8) is 0 Å². The van der Waals surface area contributed by atoms with E-state index in [0.717, 1.165) is 6.42 Å². The van der Waals surface area contributed by atoms with E-state index in [1.807, 2.05) is 6.92 Å².